The van der Waals surface area contributed by atoms with E-state index < -0.39 is 0 Å². The molecule has 4 nitrogen and oxygen atoms in total. The Morgan fingerprint density at radius 1 is 1.30 bits per heavy atom. The van der Waals surface area contributed by atoms with Crippen LogP contribution in [0.3, 0.4) is 0 Å². The first-order valence-electron chi connectivity index (χ1n) is 7.32. The van der Waals surface area contributed by atoms with E-state index in [1.54, 1.807) is 14.2 Å². The molecule has 0 bridgehead atoms. The van der Waals surface area contributed by atoms with Gasteiger partial charge in [-0.05, 0) is 30.5 Å². The van der Waals surface area contributed by atoms with Crippen LogP contribution in [0.5, 0.6) is 0 Å². The minimum atomic E-state index is 0.386. The van der Waals surface area contributed by atoms with E-state index >= 15 is 0 Å². The van der Waals surface area contributed by atoms with Gasteiger partial charge in [0.25, 0.3) is 0 Å². The summed E-state index contributed by atoms with van der Waals surface area (Å²) in [7, 11) is 3.50. The largest absolute Gasteiger partial charge is 0.384 e. The second kappa shape index (κ2) is 7.62. The van der Waals surface area contributed by atoms with Crippen molar-refractivity contribution in [3.63, 3.8) is 0 Å². The fourth-order valence-corrected chi connectivity index (χ4v) is 2.68. The third-order valence-electron chi connectivity index (χ3n) is 3.88. The number of nitrogens with zero attached hydrogens (tertiary/aromatic N) is 1. The maximum Gasteiger partial charge on any atom is 0.0615 e. The van der Waals surface area contributed by atoms with Gasteiger partial charge in [0, 0.05) is 45.6 Å². The number of fused-ring (bicyclic) bond motifs is 1. The smallest absolute Gasteiger partial charge is 0.0615 e. The highest BCUT2D eigenvalue weighted by Gasteiger charge is 2.16. The van der Waals surface area contributed by atoms with Gasteiger partial charge in [-0.3, -0.25) is 4.90 Å². The minimum Gasteiger partial charge on any atom is -0.384 e. The zero-order valence-electron chi connectivity index (χ0n) is 12.8. The highest BCUT2D eigenvalue weighted by atomic mass is 16.5. The lowest BCUT2D eigenvalue weighted by atomic mass is 10.1. The van der Waals surface area contributed by atoms with E-state index in [1.165, 1.54) is 16.8 Å². The Morgan fingerprint density at radius 2 is 2.15 bits per heavy atom. The molecular weight excluding hydrogens is 252 g/mol. The molecule has 1 aromatic rings. The summed E-state index contributed by atoms with van der Waals surface area (Å²) in [6.45, 7) is 6.61. The molecule has 1 aromatic carbocycles. The SMILES string of the molecule is COCCN(Cc1ccc2c(c1)NCC2)C(C)COC. The summed E-state index contributed by atoms with van der Waals surface area (Å²) in [4.78, 5) is 2.41. The summed E-state index contributed by atoms with van der Waals surface area (Å²) in [6.07, 6.45) is 1.14. The Labute approximate surface area is 122 Å². The Bertz CT molecular complexity index is 423. The van der Waals surface area contributed by atoms with Crippen LogP contribution in [0.2, 0.25) is 0 Å². The monoisotopic (exact) mass is 278 g/mol. The summed E-state index contributed by atoms with van der Waals surface area (Å²) in [5, 5.41) is 3.44. The lowest BCUT2D eigenvalue weighted by molar-refractivity contribution is 0.0705. The van der Waals surface area contributed by atoms with Crippen molar-refractivity contribution in [3.05, 3.63) is 29.3 Å². The summed E-state index contributed by atoms with van der Waals surface area (Å²) < 4.78 is 10.5. The molecule has 1 aliphatic heterocycles. The molecule has 0 spiro atoms. The van der Waals surface area contributed by atoms with E-state index in [0.29, 0.717) is 6.04 Å². The first-order chi connectivity index (χ1) is 9.74. The topological polar surface area (TPSA) is 33.7 Å². The zero-order chi connectivity index (χ0) is 14.4. The fraction of sp³-hybridized carbons (Fsp3) is 0.625. The third kappa shape index (κ3) is 3.95. The Hall–Kier alpha value is -1.10. The highest BCUT2D eigenvalue weighted by molar-refractivity contribution is 5.57. The van der Waals surface area contributed by atoms with Crippen molar-refractivity contribution in [2.75, 3.05) is 45.8 Å². The summed E-state index contributed by atoms with van der Waals surface area (Å²) in [5.41, 5.74) is 4.08. The number of methoxy groups -OCH3 is 2. The molecule has 2 rings (SSSR count). The summed E-state index contributed by atoms with van der Waals surface area (Å²) in [5.74, 6) is 0. The molecule has 1 unspecified atom stereocenters. The predicted molar refractivity (Wildman–Crippen MR) is 82.3 cm³/mol. The molecule has 0 saturated heterocycles. The molecule has 112 valence electrons. The number of hydrogen-bond acceptors (Lipinski definition) is 4. The maximum atomic E-state index is 5.28. The Morgan fingerprint density at radius 3 is 2.90 bits per heavy atom. The van der Waals surface area contributed by atoms with E-state index in [-0.39, 0.29) is 0 Å². The van der Waals surface area contributed by atoms with Gasteiger partial charge in [-0.25, -0.2) is 0 Å². The van der Waals surface area contributed by atoms with Gasteiger partial charge < -0.3 is 14.8 Å². The molecule has 1 N–H and O–H groups in total. The van der Waals surface area contributed by atoms with Crippen molar-refractivity contribution in [2.24, 2.45) is 0 Å². The molecule has 0 saturated carbocycles. The molecule has 1 atom stereocenters. The first kappa shape index (κ1) is 15.3. The van der Waals surface area contributed by atoms with E-state index in [0.717, 1.165) is 39.3 Å². The average Bonchev–Trinajstić information content (AvgIpc) is 2.91. The number of rotatable bonds is 8. The number of ether oxygens (including phenoxy) is 2. The Kier molecular flexibility index (Phi) is 5.83. The van der Waals surface area contributed by atoms with Gasteiger partial charge in [0.1, 0.15) is 0 Å². The molecular formula is C16H26N2O2. The van der Waals surface area contributed by atoms with E-state index in [9.17, 15) is 0 Å². The molecule has 0 aliphatic carbocycles. The van der Waals surface area contributed by atoms with Crippen molar-refractivity contribution in [2.45, 2.75) is 25.9 Å². The van der Waals surface area contributed by atoms with Crippen LogP contribution < -0.4 is 5.32 Å². The maximum absolute atomic E-state index is 5.28. The molecule has 20 heavy (non-hydrogen) atoms. The summed E-state index contributed by atoms with van der Waals surface area (Å²) >= 11 is 0. The minimum absolute atomic E-state index is 0.386. The van der Waals surface area contributed by atoms with E-state index in [2.05, 4.69) is 35.3 Å². The molecule has 0 fully saturated rings. The van der Waals surface area contributed by atoms with Crippen molar-refractivity contribution >= 4 is 5.69 Å². The average molecular weight is 278 g/mol. The van der Waals surface area contributed by atoms with Crippen LogP contribution in [-0.4, -0.2) is 51.5 Å². The number of hydrogen-bond donors (Lipinski definition) is 1. The second-order valence-electron chi connectivity index (χ2n) is 5.44. The zero-order valence-corrected chi connectivity index (χ0v) is 12.8. The van der Waals surface area contributed by atoms with Crippen molar-refractivity contribution in [3.8, 4) is 0 Å². The number of anilines is 1. The van der Waals surface area contributed by atoms with Crippen molar-refractivity contribution in [1.82, 2.24) is 4.90 Å². The van der Waals surface area contributed by atoms with Gasteiger partial charge in [-0.15, -0.1) is 0 Å². The second-order valence-corrected chi connectivity index (χ2v) is 5.44. The first-order valence-corrected chi connectivity index (χ1v) is 7.32. The van der Waals surface area contributed by atoms with Crippen LogP contribution >= 0.6 is 0 Å². The van der Waals surface area contributed by atoms with Gasteiger partial charge >= 0.3 is 0 Å². The van der Waals surface area contributed by atoms with Gasteiger partial charge in [0.05, 0.1) is 13.2 Å². The van der Waals surface area contributed by atoms with Gasteiger partial charge in [0.15, 0.2) is 0 Å². The van der Waals surface area contributed by atoms with Gasteiger partial charge in [-0.1, -0.05) is 12.1 Å². The standard InChI is InChI=1S/C16H26N2O2/c1-13(12-20-3)18(8-9-19-2)11-14-4-5-15-6-7-17-16(15)10-14/h4-5,10,13,17H,6-9,11-12H2,1-3H3. The molecule has 1 heterocycles. The van der Waals surface area contributed by atoms with Crippen molar-refractivity contribution < 1.29 is 9.47 Å². The molecule has 4 heteroatoms. The van der Waals surface area contributed by atoms with Crippen LogP contribution in [0.1, 0.15) is 18.1 Å². The van der Waals surface area contributed by atoms with Crippen LogP contribution in [-0.2, 0) is 22.4 Å². The van der Waals surface area contributed by atoms with E-state index in [4.69, 9.17) is 9.47 Å². The molecule has 0 radical (unpaired) electrons. The molecule has 0 aromatic heterocycles. The van der Waals surface area contributed by atoms with Gasteiger partial charge in [0.2, 0.25) is 0 Å². The normalized spacial score (nSPS) is 15.2. The van der Waals surface area contributed by atoms with Crippen LogP contribution in [0, 0.1) is 0 Å². The van der Waals surface area contributed by atoms with Crippen molar-refractivity contribution in [1.29, 1.82) is 0 Å². The lowest BCUT2D eigenvalue weighted by Gasteiger charge is -2.28. The Balaban J connectivity index is 2.02. The van der Waals surface area contributed by atoms with Crippen LogP contribution in [0.4, 0.5) is 5.69 Å². The van der Waals surface area contributed by atoms with Crippen LogP contribution in [0.25, 0.3) is 0 Å². The van der Waals surface area contributed by atoms with Gasteiger partial charge in [-0.2, -0.15) is 0 Å². The molecule has 1 aliphatic rings. The quantitative estimate of drug-likeness (QED) is 0.790. The van der Waals surface area contributed by atoms with E-state index in [1.807, 2.05) is 0 Å². The van der Waals surface area contributed by atoms with Crippen LogP contribution in [0.15, 0.2) is 18.2 Å². The fourth-order valence-electron chi connectivity index (χ4n) is 2.68. The predicted octanol–water partition coefficient (Wildman–Crippen LogP) is 2.14. The number of nitrogens with one attached hydrogen (secondary N) is 1. The third-order valence-corrected chi connectivity index (χ3v) is 3.88. The number of benzene rings is 1. The summed E-state index contributed by atoms with van der Waals surface area (Å²) in [6, 6.07) is 7.16. The lowest BCUT2D eigenvalue weighted by Crippen LogP contribution is -2.38. The molecule has 0 amide bonds. The highest BCUT2D eigenvalue weighted by Crippen LogP contribution is 2.24.